The molecule has 9 nitrogen and oxygen atoms in total. The molecular formula is C26H30N2O7. The number of nitrogens with zero attached hydrogens (tertiary/aromatic N) is 1. The largest absolute Gasteiger partial charge is 0.490 e. The molecule has 0 atom stereocenters. The maximum Gasteiger partial charge on any atom is 0.260 e. The van der Waals surface area contributed by atoms with Gasteiger partial charge in [-0.2, -0.15) is 0 Å². The van der Waals surface area contributed by atoms with Crippen molar-refractivity contribution in [1.82, 2.24) is 4.90 Å². The Labute approximate surface area is 204 Å². The molecule has 0 aromatic heterocycles. The average molecular weight is 483 g/mol. The molecule has 2 aromatic carbocycles. The number of carbonyl (C=O) groups excluding carboxylic acids is 2. The zero-order chi connectivity index (χ0) is 24.3. The van der Waals surface area contributed by atoms with E-state index in [0.717, 1.165) is 25.7 Å². The average Bonchev–Trinajstić information content (AvgIpc) is 3.48. The van der Waals surface area contributed by atoms with Crippen molar-refractivity contribution in [3.05, 3.63) is 42.0 Å². The van der Waals surface area contributed by atoms with E-state index in [1.165, 1.54) is 0 Å². The first-order valence-electron chi connectivity index (χ1n) is 12.1. The van der Waals surface area contributed by atoms with Gasteiger partial charge in [0.2, 0.25) is 0 Å². The molecule has 5 rings (SSSR count). The molecule has 2 aliphatic heterocycles. The van der Waals surface area contributed by atoms with Crippen LogP contribution in [-0.2, 0) is 9.53 Å². The molecule has 0 radical (unpaired) electrons. The normalized spacial score (nSPS) is 17.9. The standard InChI is InChI=1S/C26H30N2O7/c1-2-32-22-15-18(5-7-20(22)33-17-24(29)28-11-13-31-14-12-28)25(30)27-19-6-8-21-23(16-19)35-26(34-21)9-3-4-10-26/h5-8,15-16H,2-4,9-14,17H2,1H3,(H,27,30). The van der Waals surface area contributed by atoms with Gasteiger partial charge in [0.1, 0.15) is 0 Å². The molecule has 1 spiro atoms. The number of anilines is 1. The number of nitrogens with one attached hydrogen (secondary N) is 1. The van der Waals surface area contributed by atoms with E-state index in [4.69, 9.17) is 23.7 Å². The van der Waals surface area contributed by atoms with Gasteiger partial charge in [-0.25, -0.2) is 0 Å². The van der Waals surface area contributed by atoms with Gasteiger partial charge in [0.15, 0.2) is 29.6 Å². The first kappa shape index (κ1) is 23.3. The number of carbonyl (C=O) groups is 2. The molecule has 2 amide bonds. The van der Waals surface area contributed by atoms with Crippen LogP contribution in [0, 0.1) is 0 Å². The van der Waals surface area contributed by atoms with Crippen molar-refractivity contribution in [1.29, 1.82) is 0 Å². The van der Waals surface area contributed by atoms with E-state index in [-0.39, 0.29) is 18.4 Å². The Hall–Kier alpha value is -3.46. The fourth-order valence-electron chi connectivity index (χ4n) is 4.57. The number of amides is 2. The van der Waals surface area contributed by atoms with Gasteiger partial charge in [-0.1, -0.05) is 0 Å². The van der Waals surface area contributed by atoms with E-state index in [1.807, 2.05) is 13.0 Å². The van der Waals surface area contributed by atoms with Crippen LogP contribution in [0.15, 0.2) is 36.4 Å². The Morgan fingerprint density at radius 1 is 0.971 bits per heavy atom. The number of fused-ring (bicyclic) bond motifs is 1. The highest BCUT2D eigenvalue weighted by Gasteiger charge is 2.44. The fraction of sp³-hybridized carbons (Fsp3) is 0.462. The summed E-state index contributed by atoms with van der Waals surface area (Å²) in [5, 5.41) is 2.91. The number of morpholine rings is 1. The second kappa shape index (κ2) is 10.0. The van der Waals surface area contributed by atoms with Gasteiger partial charge in [0.25, 0.3) is 17.6 Å². The van der Waals surface area contributed by atoms with E-state index < -0.39 is 5.79 Å². The second-order valence-electron chi connectivity index (χ2n) is 8.81. The number of hydrogen-bond donors (Lipinski definition) is 1. The molecule has 3 aliphatic rings. The summed E-state index contributed by atoms with van der Waals surface area (Å²) in [6, 6.07) is 10.3. The maximum absolute atomic E-state index is 13.0. The molecule has 1 N–H and O–H groups in total. The molecule has 35 heavy (non-hydrogen) atoms. The topological polar surface area (TPSA) is 95.6 Å². The first-order valence-corrected chi connectivity index (χ1v) is 12.1. The number of hydrogen-bond acceptors (Lipinski definition) is 7. The summed E-state index contributed by atoms with van der Waals surface area (Å²) in [4.78, 5) is 27.1. The Balaban J connectivity index is 1.24. The van der Waals surface area contributed by atoms with Crippen molar-refractivity contribution >= 4 is 17.5 Å². The first-order chi connectivity index (χ1) is 17.0. The highest BCUT2D eigenvalue weighted by Crippen LogP contribution is 2.47. The summed E-state index contributed by atoms with van der Waals surface area (Å²) in [6.07, 6.45) is 3.91. The Kier molecular flexibility index (Phi) is 6.68. The van der Waals surface area contributed by atoms with Gasteiger partial charge in [0.05, 0.1) is 19.8 Å². The quantitative estimate of drug-likeness (QED) is 0.644. The third-order valence-corrected chi connectivity index (χ3v) is 6.38. The van der Waals surface area contributed by atoms with Crippen LogP contribution in [0.5, 0.6) is 23.0 Å². The van der Waals surface area contributed by atoms with Crippen LogP contribution >= 0.6 is 0 Å². The molecule has 0 bridgehead atoms. The van der Waals surface area contributed by atoms with Gasteiger partial charge in [-0.3, -0.25) is 9.59 Å². The number of rotatable bonds is 7. The third kappa shape index (κ3) is 5.14. The Morgan fingerprint density at radius 3 is 2.51 bits per heavy atom. The van der Waals surface area contributed by atoms with Crippen molar-refractivity contribution < 1.29 is 33.3 Å². The lowest BCUT2D eigenvalue weighted by Gasteiger charge is -2.26. The van der Waals surface area contributed by atoms with Gasteiger partial charge in [-0.05, 0) is 50.1 Å². The summed E-state index contributed by atoms with van der Waals surface area (Å²) in [5.41, 5.74) is 1.02. The van der Waals surface area contributed by atoms with E-state index in [9.17, 15) is 9.59 Å². The smallest absolute Gasteiger partial charge is 0.260 e. The Morgan fingerprint density at radius 2 is 1.74 bits per heavy atom. The lowest BCUT2D eigenvalue weighted by atomic mass is 10.1. The van der Waals surface area contributed by atoms with Crippen molar-refractivity contribution in [2.75, 3.05) is 44.8 Å². The zero-order valence-electron chi connectivity index (χ0n) is 19.8. The molecule has 2 aromatic rings. The van der Waals surface area contributed by atoms with Gasteiger partial charge >= 0.3 is 0 Å². The summed E-state index contributed by atoms with van der Waals surface area (Å²) < 4.78 is 28.8. The van der Waals surface area contributed by atoms with Crippen LogP contribution in [0.4, 0.5) is 5.69 Å². The minimum atomic E-state index is -0.545. The molecule has 186 valence electrons. The molecule has 1 aliphatic carbocycles. The van der Waals surface area contributed by atoms with Crippen molar-refractivity contribution in [2.24, 2.45) is 0 Å². The molecule has 0 unspecified atom stereocenters. The lowest BCUT2D eigenvalue weighted by Crippen LogP contribution is -2.43. The summed E-state index contributed by atoms with van der Waals surface area (Å²) in [7, 11) is 0. The minimum Gasteiger partial charge on any atom is -0.490 e. The van der Waals surface area contributed by atoms with Gasteiger partial charge < -0.3 is 33.9 Å². The van der Waals surface area contributed by atoms with E-state index in [2.05, 4.69) is 5.32 Å². The van der Waals surface area contributed by atoms with Crippen LogP contribution < -0.4 is 24.3 Å². The minimum absolute atomic E-state index is 0.107. The van der Waals surface area contributed by atoms with Crippen LogP contribution in [0.25, 0.3) is 0 Å². The molecule has 9 heteroatoms. The second-order valence-corrected chi connectivity index (χ2v) is 8.81. The van der Waals surface area contributed by atoms with Gasteiger partial charge in [-0.15, -0.1) is 0 Å². The van der Waals surface area contributed by atoms with E-state index in [0.29, 0.717) is 67.2 Å². The predicted octanol–water partition coefficient (Wildman–Crippen LogP) is 3.62. The van der Waals surface area contributed by atoms with Crippen LogP contribution in [-0.4, -0.2) is 62.0 Å². The molecule has 1 saturated carbocycles. The van der Waals surface area contributed by atoms with Gasteiger partial charge in [0, 0.05) is 43.2 Å². The lowest BCUT2D eigenvalue weighted by molar-refractivity contribution is -0.137. The molecule has 2 fully saturated rings. The van der Waals surface area contributed by atoms with Crippen LogP contribution in [0.3, 0.4) is 0 Å². The van der Waals surface area contributed by atoms with Crippen LogP contribution in [0.2, 0.25) is 0 Å². The van der Waals surface area contributed by atoms with Crippen molar-refractivity contribution in [3.8, 4) is 23.0 Å². The monoisotopic (exact) mass is 482 g/mol. The summed E-state index contributed by atoms with van der Waals surface area (Å²) >= 11 is 0. The predicted molar refractivity (Wildman–Crippen MR) is 127 cm³/mol. The molecule has 1 saturated heterocycles. The van der Waals surface area contributed by atoms with Crippen molar-refractivity contribution in [3.63, 3.8) is 0 Å². The summed E-state index contributed by atoms with van der Waals surface area (Å²) in [5.74, 6) is 1.22. The zero-order valence-corrected chi connectivity index (χ0v) is 19.8. The highest BCUT2D eigenvalue weighted by molar-refractivity contribution is 6.04. The van der Waals surface area contributed by atoms with E-state index in [1.54, 1.807) is 35.2 Å². The SMILES string of the molecule is CCOc1cc(C(=O)Nc2ccc3c(c2)OC2(CCCC2)O3)ccc1OCC(=O)N1CCOCC1. The van der Waals surface area contributed by atoms with Crippen molar-refractivity contribution in [2.45, 2.75) is 38.4 Å². The molecular weight excluding hydrogens is 452 g/mol. The third-order valence-electron chi connectivity index (χ3n) is 6.38. The number of ether oxygens (including phenoxy) is 5. The molecule has 2 heterocycles. The fourth-order valence-corrected chi connectivity index (χ4v) is 4.57. The van der Waals surface area contributed by atoms with Crippen LogP contribution in [0.1, 0.15) is 43.0 Å². The maximum atomic E-state index is 13.0. The Bertz CT molecular complexity index is 1090. The number of benzene rings is 2. The highest BCUT2D eigenvalue weighted by atomic mass is 16.7. The van der Waals surface area contributed by atoms with E-state index >= 15 is 0 Å². The summed E-state index contributed by atoms with van der Waals surface area (Å²) in [6.45, 7) is 4.31.